The standard InChI is InChI=1S/C12H18ClFN5O12P3/c1-2-27-9-7-8(17-11(15)18-9)19(5-16-7)10-12(13,14)3-6(29-10)4-28-33(23,24)31-34(25,26)30-32(20,21)22/h5-6,10H,2-4H2,1H3,(H,23,24)(H,25,26)(H2,15,17,18)(H2,20,21,22). The molecular formula is C12H18ClFN5O12P3. The van der Waals surface area contributed by atoms with Gasteiger partial charge in [-0.3, -0.25) is 9.09 Å². The maximum Gasteiger partial charge on any atom is 0.490 e. The average molecular weight is 572 g/mol. The molecule has 3 heterocycles. The van der Waals surface area contributed by atoms with Gasteiger partial charge in [0.1, 0.15) is 0 Å². The maximum absolute atomic E-state index is 15.1. The summed E-state index contributed by atoms with van der Waals surface area (Å²) < 4.78 is 72.5. The van der Waals surface area contributed by atoms with Gasteiger partial charge in [0.15, 0.2) is 17.4 Å². The fourth-order valence-corrected chi connectivity index (χ4v) is 6.28. The molecule has 0 aliphatic carbocycles. The minimum absolute atomic E-state index is 0.0113. The molecule has 0 bridgehead atoms. The molecule has 22 heteroatoms. The van der Waals surface area contributed by atoms with Crippen LogP contribution in [-0.2, 0) is 31.6 Å². The third-order valence-corrected chi connectivity index (χ3v) is 8.11. The third-order valence-electron chi connectivity index (χ3n) is 3.96. The summed E-state index contributed by atoms with van der Waals surface area (Å²) in [5.41, 5.74) is 5.79. The van der Waals surface area contributed by atoms with Crippen molar-refractivity contribution in [2.75, 3.05) is 18.9 Å². The highest BCUT2D eigenvalue weighted by molar-refractivity contribution is 7.66. The normalized spacial score (nSPS) is 26.9. The lowest BCUT2D eigenvalue weighted by molar-refractivity contribution is -0.0417. The predicted molar refractivity (Wildman–Crippen MR) is 109 cm³/mol. The van der Waals surface area contributed by atoms with Gasteiger partial charge in [0.05, 0.1) is 25.6 Å². The van der Waals surface area contributed by atoms with Crippen molar-refractivity contribution in [3.63, 3.8) is 0 Å². The lowest BCUT2D eigenvalue weighted by Gasteiger charge is -2.20. The zero-order valence-corrected chi connectivity index (χ0v) is 20.3. The van der Waals surface area contributed by atoms with Crippen LogP contribution < -0.4 is 10.5 Å². The van der Waals surface area contributed by atoms with Gasteiger partial charge in [-0.1, -0.05) is 11.6 Å². The average Bonchev–Trinajstić information content (AvgIpc) is 3.17. The molecular weight excluding hydrogens is 554 g/mol. The van der Waals surface area contributed by atoms with Crippen molar-refractivity contribution in [1.29, 1.82) is 0 Å². The van der Waals surface area contributed by atoms with Crippen LogP contribution in [0.3, 0.4) is 0 Å². The molecule has 0 aromatic carbocycles. The Balaban J connectivity index is 1.74. The number of nitrogens with two attached hydrogens (primary N) is 1. The second-order valence-electron chi connectivity index (χ2n) is 6.61. The second kappa shape index (κ2) is 9.65. The Hall–Kier alpha value is -1.26. The van der Waals surface area contributed by atoms with Crippen LogP contribution >= 0.6 is 35.1 Å². The number of nitrogens with zero attached hydrogens (tertiary/aromatic N) is 4. The number of nitrogen functional groups attached to an aromatic ring is 1. The Labute approximate surface area is 194 Å². The molecule has 192 valence electrons. The zero-order valence-electron chi connectivity index (χ0n) is 16.9. The number of alkyl halides is 2. The van der Waals surface area contributed by atoms with E-state index in [1.807, 2.05) is 0 Å². The molecule has 3 rings (SSSR count). The number of anilines is 1. The molecule has 5 atom stereocenters. The predicted octanol–water partition coefficient (Wildman–Crippen LogP) is 1.34. The highest BCUT2D eigenvalue weighted by Crippen LogP contribution is 2.66. The summed E-state index contributed by atoms with van der Waals surface area (Å²) in [5, 5.41) is -2.61. The first-order valence-corrected chi connectivity index (χ1v) is 13.9. The topological polar surface area (TPSA) is 248 Å². The van der Waals surface area contributed by atoms with Crippen LogP contribution in [0.5, 0.6) is 5.88 Å². The van der Waals surface area contributed by atoms with Gasteiger partial charge in [-0.05, 0) is 6.92 Å². The highest BCUT2D eigenvalue weighted by Gasteiger charge is 2.51. The van der Waals surface area contributed by atoms with E-state index in [0.717, 1.165) is 10.9 Å². The summed E-state index contributed by atoms with van der Waals surface area (Å²) in [4.78, 5) is 47.7. The van der Waals surface area contributed by atoms with Crippen LogP contribution in [0.1, 0.15) is 19.6 Å². The number of aromatic nitrogens is 4. The molecule has 0 saturated carbocycles. The Morgan fingerprint density at radius 2 is 1.94 bits per heavy atom. The molecule has 5 unspecified atom stereocenters. The monoisotopic (exact) mass is 571 g/mol. The number of hydrogen-bond acceptors (Lipinski definition) is 12. The van der Waals surface area contributed by atoms with E-state index in [2.05, 4.69) is 28.1 Å². The molecule has 0 radical (unpaired) electrons. The molecule has 1 fully saturated rings. The fraction of sp³-hybridized carbons (Fsp3) is 0.583. The minimum atomic E-state index is -5.71. The smallest absolute Gasteiger partial charge is 0.476 e. The van der Waals surface area contributed by atoms with E-state index in [-0.39, 0.29) is 29.6 Å². The van der Waals surface area contributed by atoms with E-state index in [1.54, 1.807) is 6.92 Å². The molecule has 2 aromatic heterocycles. The molecule has 2 aromatic rings. The number of hydrogen-bond donors (Lipinski definition) is 5. The van der Waals surface area contributed by atoms with Gasteiger partial charge in [-0.25, -0.2) is 23.1 Å². The molecule has 0 amide bonds. The number of rotatable bonds is 10. The molecule has 1 saturated heterocycles. The van der Waals surface area contributed by atoms with Crippen molar-refractivity contribution < 1.29 is 60.3 Å². The Morgan fingerprint density at radius 3 is 2.56 bits per heavy atom. The quantitative estimate of drug-likeness (QED) is 0.199. The largest absolute Gasteiger partial charge is 0.490 e. The molecule has 17 nitrogen and oxygen atoms in total. The number of ether oxygens (including phenoxy) is 2. The van der Waals surface area contributed by atoms with Crippen LogP contribution in [0.4, 0.5) is 10.3 Å². The zero-order chi connectivity index (χ0) is 25.5. The van der Waals surface area contributed by atoms with Crippen LogP contribution in [0.2, 0.25) is 0 Å². The fourth-order valence-electron chi connectivity index (χ4n) is 2.90. The first kappa shape index (κ1) is 27.3. The Morgan fingerprint density at radius 1 is 1.26 bits per heavy atom. The van der Waals surface area contributed by atoms with Crippen LogP contribution in [0, 0.1) is 0 Å². The number of fused-ring (bicyclic) bond motifs is 1. The third kappa shape index (κ3) is 6.69. The molecule has 6 N–H and O–H groups in total. The van der Waals surface area contributed by atoms with Gasteiger partial charge in [0, 0.05) is 6.42 Å². The summed E-state index contributed by atoms with van der Waals surface area (Å²) in [5.74, 6) is -0.177. The van der Waals surface area contributed by atoms with E-state index >= 15 is 4.39 Å². The van der Waals surface area contributed by atoms with Crippen molar-refractivity contribution >= 4 is 52.2 Å². The summed E-state index contributed by atoms with van der Waals surface area (Å²) in [6.45, 7) is 1.02. The summed E-state index contributed by atoms with van der Waals surface area (Å²) in [7, 11) is -16.7. The molecule has 1 aliphatic rings. The van der Waals surface area contributed by atoms with Crippen molar-refractivity contribution in [2.24, 2.45) is 0 Å². The van der Waals surface area contributed by atoms with E-state index in [4.69, 9.17) is 41.5 Å². The van der Waals surface area contributed by atoms with Crippen molar-refractivity contribution in [2.45, 2.75) is 30.8 Å². The van der Waals surface area contributed by atoms with Crippen LogP contribution in [0.25, 0.3) is 11.2 Å². The lowest BCUT2D eigenvalue weighted by atomic mass is 10.2. The lowest BCUT2D eigenvalue weighted by Crippen LogP contribution is -2.24. The van der Waals surface area contributed by atoms with Gasteiger partial charge in [0.25, 0.3) is 0 Å². The van der Waals surface area contributed by atoms with Gasteiger partial charge < -0.3 is 34.8 Å². The van der Waals surface area contributed by atoms with Crippen LogP contribution in [0.15, 0.2) is 6.33 Å². The van der Waals surface area contributed by atoms with Crippen molar-refractivity contribution in [3.05, 3.63) is 6.33 Å². The van der Waals surface area contributed by atoms with E-state index in [0.29, 0.717) is 0 Å². The first-order chi connectivity index (χ1) is 15.5. The Kier molecular flexibility index (Phi) is 7.76. The molecule has 34 heavy (non-hydrogen) atoms. The van der Waals surface area contributed by atoms with Gasteiger partial charge in [-0.2, -0.15) is 18.6 Å². The Bertz CT molecular complexity index is 1210. The van der Waals surface area contributed by atoms with E-state index in [1.165, 1.54) is 0 Å². The van der Waals surface area contributed by atoms with E-state index < -0.39 is 54.0 Å². The minimum Gasteiger partial charge on any atom is -0.476 e. The molecule has 0 spiro atoms. The number of imidazole rings is 1. The number of halogens is 2. The van der Waals surface area contributed by atoms with Crippen LogP contribution in [-0.4, -0.2) is 63.5 Å². The van der Waals surface area contributed by atoms with Crippen molar-refractivity contribution in [1.82, 2.24) is 19.5 Å². The van der Waals surface area contributed by atoms with Gasteiger partial charge in [-0.15, -0.1) is 0 Å². The highest BCUT2D eigenvalue weighted by atomic mass is 35.5. The molecule has 1 aliphatic heterocycles. The van der Waals surface area contributed by atoms with E-state index in [9.17, 15) is 18.6 Å². The summed E-state index contributed by atoms with van der Waals surface area (Å²) >= 11 is 5.93. The SMILES string of the molecule is CCOc1nc(N)nc2c1ncn2C1OC(COP(=O)(O)OP(=O)(O)OP(=O)(O)O)CC1(F)Cl. The number of phosphoric acid groups is 3. The van der Waals surface area contributed by atoms with Gasteiger partial charge >= 0.3 is 23.5 Å². The number of phosphoric ester groups is 1. The summed E-state index contributed by atoms with van der Waals surface area (Å²) in [6.07, 6.45) is -2.36. The maximum atomic E-state index is 15.1. The second-order valence-corrected chi connectivity index (χ2v) is 11.7. The first-order valence-electron chi connectivity index (χ1n) is 8.96. The summed E-state index contributed by atoms with van der Waals surface area (Å²) in [6, 6.07) is 0. The van der Waals surface area contributed by atoms with Gasteiger partial charge in [0.2, 0.25) is 17.0 Å². The van der Waals surface area contributed by atoms with Crippen molar-refractivity contribution in [3.8, 4) is 5.88 Å².